The highest BCUT2D eigenvalue weighted by molar-refractivity contribution is 7.95. The molecule has 0 saturated carbocycles. The van der Waals surface area contributed by atoms with Gasteiger partial charge in [-0.25, -0.2) is 8.42 Å². The van der Waals surface area contributed by atoms with Crippen molar-refractivity contribution in [2.45, 2.75) is 19.8 Å². The molecule has 0 aromatic heterocycles. The first-order valence-electron chi connectivity index (χ1n) is 6.83. The molecule has 0 aliphatic carbocycles. The number of hydrogen-bond donors (Lipinski definition) is 1. The van der Waals surface area contributed by atoms with Gasteiger partial charge in [-0.1, -0.05) is 62.4 Å². The Morgan fingerprint density at radius 3 is 2.24 bits per heavy atom. The molecule has 0 radical (unpaired) electrons. The number of nitrogens with one attached hydrogen (secondary N) is 1. The predicted octanol–water partition coefficient (Wildman–Crippen LogP) is 4.22. The molecule has 2 aromatic carbocycles. The van der Waals surface area contributed by atoms with Gasteiger partial charge in [0, 0.05) is 0 Å². The largest absolute Gasteiger partial charge is 0.280 e. The monoisotopic (exact) mass is 301 g/mol. The molecule has 1 N–H and O–H groups in total. The van der Waals surface area contributed by atoms with Gasteiger partial charge in [0.25, 0.3) is 10.0 Å². The van der Waals surface area contributed by atoms with E-state index in [2.05, 4.69) is 4.72 Å². The van der Waals surface area contributed by atoms with Crippen LogP contribution in [-0.4, -0.2) is 8.42 Å². The minimum absolute atomic E-state index is 0.252. The zero-order chi connectivity index (χ0) is 15.3. The Balaban J connectivity index is 2.21. The van der Waals surface area contributed by atoms with Gasteiger partial charge in [0.2, 0.25) is 0 Å². The van der Waals surface area contributed by atoms with E-state index < -0.39 is 10.0 Å². The minimum Gasteiger partial charge on any atom is -0.280 e. The fourth-order valence-corrected chi connectivity index (χ4v) is 2.91. The van der Waals surface area contributed by atoms with Crippen LogP contribution in [0.4, 0.5) is 5.69 Å². The second-order valence-corrected chi connectivity index (χ2v) is 6.67. The van der Waals surface area contributed by atoms with E-state index in [0.717, 1.165) is 11.1 Å². The van der Waals surface area contributed by atoms with Crippen molar-refractivity contribution in [1.29, 1.82) is 0 Å². The van der Waals surface area contributed by atoms with Gasteiger partial charge in [-0.15, -0.1) is 0 Å². The van der Waals surface area contributed by atoms with Gasteiger partial charge < -0.3 is 0 Å². The predicted molar refractivity (Wildman–Crippen MR) is 88.5 cm³/mol. The van der Waals surface area contributed by atoms with Crippen LogP contribution in [0.2, 0.25) is 0 Å². The van der Waals surface area contributed by atoms with Crippen LogP contribution in [0.25, 0.3) is 6.08 Å². The molecule has 0 unspecified atom stereocenters. The lowest BCUT2D eigenvalue weighted by Crippen LogP contribution is -2.11. The van der Waals surface area contributed by atoms with Gasteiger partial charge >= 0.3 is 0 Å². The average Bonchev–Trinajstić information content (AvgIpc) is 2.46. The van der Waals surface area contributed by atoms with Crippen molar-refractivity contribution in [3.63, 3.8) is 0 Å². The van der Waals surface area contributed by atoms with E-state index in [1.165, 1.54) is 5.41 Å². The summed E-state index contributed by atoms with van der Waals surface area (Å²) in [6.07, 6.45) is 1.58. The van der Waals surface area contributed by atoms with E-state index >= 15 is 0 Å². The lowest BCUT2D eigenvalue weighted by Gasteiger charge is -2.13. The maximum Gasteiger partial charge on any atom is 0.255 e. The van der Waals surface area contributed by atoms with Crippen LogP contribution in [0.1, 0.15) is 30.9 Å². The molecule has 0 saturated heterocycles. The van der Waals surface area contributed by atoms with Gasteiger partial charge in [-0.3, -0.25) is 4.72 Å². The molecule has 0 aliphatic heterocycles. The summed E-state index contributed by atoms with van der Waals surface area (Å²) in [5.74, 6) is 0.252. The SMILES string of the molecule is CC(C)c1ccccc1NS(=O)(=O)/C=C/c1ccccc1. The van der Waals surface area contributed by atoms with Crippen LogP contribution < -0.4 is 4.72 Å². The van der Waals surface area contributed by atoms with Crippen LogP contribution in [0.3, 0.4) is 0 Å². The molecule has 2 aromatic rings. The summed E-state index contributed by atoms with van der Waals surface area (Å²) in [4.78, 5) is 0. The van der Waals surface area contributed by atoms with Crippen molar-refractivity contribution in [2.24, 2.45) is 0 Å². The molecule has 21 heavy (non-hydrogen) atoms. The Morgan fingerprint density at radius 2 is 1.57 bits per heavy atom. The summed E-state index contributed by atoms with van der Waals surface area (Å²) in [7, 11) is -3.52. The van der Waals surface area contributed by atoms with Crippen LogP contribution in [-0.2, 0) is 10.0 Å². The van der Waals surface area contributed by atoms with E-state index in [9.17, 15) is 8.42 Å². The zero-order valence-corrected chi connectivity index (χ0v) is 13.0. The molecular weight excluding hydrogens is 282 g/mol. The lowest BCUT2D eigenvalue weighted by molar-refractivity contribution is 0.609. The van der Waals surface area contributed by atoms with Crippen molar-refractivity contribution >= 4 is 21.8 Å². The Bertz CT molecular complexity index is 719. The number of benzene rings is 2. The molecule has 0 heterocycles. The number of anilines is 1. The van der Waals surface area contributed by atoms with E-state index in [-0.39, 0.29) is 5.92 Å². The summed E-state index contributed by atoms with van der Waals surface area (Å²) in [6.45, 7) is 4.07. The highest BCUT2D eigenvalue weighted by Gasteiger charge is 2.11. The molecule has 3 nitrogen and oxygen atoms in total. The Kier molecular flexibility index (Phi) is 4.81. The lowest BCUT2D eigenvalue weighted by atomic mass is 10.0. The summed E-state index contributed by atoms with van der Waals surface area (Å²) >= 11 is 0. The fourth-order valence-electron chi connectivity index (χ4n) is 2.01. The molecule has 0 fully saturated rings. The summed E-state index contributed by atoms with van der Waals surface area (Å²) in [6, 6.07) is 16.8. The fraction of sp³-hybridized carbons (Fsp3) is 0.176. The van der Waals surface area contributed by atoms with E-state index in [0.29, 0.717) is 5.69 Å². The molecule has 110 valence electrons. The molecule has 0 bridgehead atoms. The normalized spacial score (nSPS) is 12.0. The third-order valence-electron chi connectivity index (χ3n) is 3.07. The van der Waals surface area contributed by atoms with Crippen LogP contribution in [0.15, 0.2) is 60.0 Å². The number of hydrogen-bond acceptors (Lipinski definition) is 2. The Hall–Kier alpha value is -2.07. The molecular formula is C17H19NO2S. The second-order valence-electron chi connectivity index (χ2n) is 5.10. The smallest absolute Gasteiger partial charge is 0.255 e. The van der Waals surface area contributed by atoms with Crippen molar-refractivity contribution in [1.82, 2.24) is 0 Å². The first-order valence-corrected chi connectivity index (χ1v) is 8.37. The van der Waals surface area contributed by atoms with Crippen LogP contribution in [0.5, 0.6) is 0 Å². The molecule has 0 amide bonds. The number of para-hydroxylation sites is 1. The van der Waals surface area contributed by atoms with Gasteiger partial charge in [-0.05, 0) is 29.2 Å². The standard InChI is InChI=1S/C17H19NO2S/c1-14(2)16-10-6-7-11-17(16)18-21(19,20)13-12-15-8-4-3-5-9-15/h3-14,18H,1-2H3/b13-12+. The Morgan fingerprint density at radius 1 is 0.952 bits per heavy atom. The first kappa shape index (κ1) is 15.3. The highest BCUT2D eigenvalue weighted by Crippen LogP contribution is 2.24. The first-order chi connectivity index (χ1) is 9.98. The van der Waals surface area contributed by atoms with Crippen molar-refractivity contribution in [3.8, 4) is 0 Å². The van der Waals surface area contributed by atoms with Gasteiger partial charge in [0.15, 0.2) is 0 Å². The molecule has 4 heteroatoms. The van der Waals surface area contributed by atoms with Crippen LogP contribution >= 0.6 is 0 Å². The molecule has 0 atom stereocenters. The van der Waals surface area contributed by atoms with Crippen LogP contribution in [0, 0.1) is 0 Å². The van der Waals surface area contributed by atoms with Gasteiger partial charge in [-0.2, -0.15) is 0 Å². The second kappa shape index (κ2) is 6.59. The number of rotatable bonds is 5. The van der Waals surface area contributed by atoms with Crippen molar-refractivity contribution in [3.05, 3.63) is 71.1 Å². The minimum atomic E-state index is -3.52. The molecule has 0 spiro atoms. The molecule has 2 rings (SSSR count). The topological polar surface area (TPSA) is 46.2 Å². The zero-order valence-electron chi connectivity index (χ0n) is 12.2. The van der Waals surface area contributed by atoms with E-state index in [1.807, 2.05) is 62.4 Å². The Labute approximate surface area is 126 Å². The quantitative estimate of drug-likeness (QED) is 0.898. The summed E-state index contributed by atoms with van der Waals surface area (Å²) in [5.41, 5.74) is 2.46. The molecule has 0 aliphatic rings. The highest BCUT2D eigenvalue weighted by atomic mass is 32.2. The summed E-state index contributed by atoms with van der Waals surface area (Å²) in [5, 5.41) is 1.19. The van der Waals surface area contributed by atoms with Crippen molar-refractivity contribution in [2.75, 3.05) is 4.72 Å². The number of sulfonamides is 1. The van der Waals surface area contributed by atoms with Gasteiger partial charge in [0.1, 0.15) is 0 Å². The van der Waals surface area contributed by atoms with Gasteiger partial charge in [0.05, 0.1) is 11.1 Å². The summed E-state index contributed by atoms with van der Waals surface area (Å²) < 4.78 is 26.9. The third kappa shape index (κ3) is 4.46. The average molecular weight is 301 g/mol. The van der Waals surface area contributed by atoms with E-state index in [4.69, 9.17) is 0 Å². The van der Waals surface area contributed by atoms with E-state index in [1.54, 1.807) is 12.1 Å². The maximum absolute atomic E-state index is 12.2. The maximum atomic E-state index is 12.2. The third-order valence-corrected chi connectivity index (χ3v) is 4.07. The van der Waals surface area contributed by atoms with Crippen molar-refractivity contribution < 1.29 is 8.42 Å².